The zero-order chi connectivity index (χ0) is 22.2. The van der Waals surface area contributed by atoms with Gasteiger partial charge >= 0.3 is 0 Å². The van der Waals surface area contributed by atoms with Crippen molar-refractivity contribution in [1.82, 2.24) is 30.3 Å². The molecule has 5 rings (SSSR count). The molecule has 3 atom stereocenters. The zero-order valence-electron chi connectivity index (χ0n) is 17.6. The third-order valence-corrected chi connectivity index (χ3v) is 6.41. The number of aromatic hydroxyl groups is 1. The number of aromatic nitrogens is 5. The molecule has 0 amide bonds. The molecule has 2 aliphatic heterocycles. The Bertz CT molecular complexity index is 1160. The lowest BCUT2D eigenvalue weighted by Gasteiger charge is -2.43. The molecule has 10 heteroatoms. The largest absolute Gasteiger partial charge is 0.507 e. The van der Waals surface area contributed by atoms with Crippen LogP contribution >= 0.6 is 0 Å². The van der Waals surface area contributed by atoms with Crippen LogP contribution in [-0.2, 0) is 0 Å². The minimum atomic E-state index is -0.722. The van der Waals surface area contributed by atoms with Crippen LogP contribution in [0.3, 0.4) is 0 Å². The number of nitriles is 1. The maximum atomic E-state index is 13.6. The third-order valence-electron chi connectivity index (χ3n) is 6.41. The van der Waals surface area contributed by atoms with Crippen molar-refractivity contribution < 1.29 is 9.50 Å². The van der Waals surface area contributed by atoms with E-state index in [1.807, 2.05) is 7.05 Å². The van der Waals surface area contributed by atoms with E-state index in [1.54, 1.807) is 24.4 Å². The summed E-state index contributed by atoms with van der Waals surface area (Å²) in [7, 11) is 2.03. The van der Waals surface area contributed by atoms with Gasteiger partial charge in [0.25, 0.3) is 0 Å². The van der Waals surface area contributed by atoms with E-state index in [-0.39, 0.29) is 17.3 Å². The lowest BCUT2D eigenvalue weighted by atomic mass is 9.83. The molecule has 2 aromatic heterocycles. The predicted molar refractivity (Wildman–Crippen MR) is 115 cm³/mol. The average molecular weight is 434 g/mol. The highest BCUT2D eigenvalue weighted by Gasteiger charge is 2.33. The Hall–Kier alpha value is -3.58. The van der Waals surface area contributed by atoms with Gasteiger partial charge in [-0.2, -0.15) is 10.4 Å². The van der Waals surface area contributed by atoms with E-state index in [0.717, 1.165) is 19.0 Å². The Morgan fingerprint density at radius 2 is 2.03 bits per heavy atom. The molecular formula is C22H23FN8O. The van der Waals surface area contributed by atoms with Crippen LogP contribution in [0.4, 0.5) is 10.2 Å². The fourth-order valence-corrected chi connectivity index (χ4v) is 4.71. The molecule has 0 spiro atoms. The van der Waals surface area contributed by atoms with Crippen molar-refractivity contribution in [3.63, 3.8) is 0 Å². The van der Waals surface area contributed by atoms with Crippen molar-refractivity contribution in [1.29, 1.82) is 5.26 Å². The molecule has 2 N–H and O–H groups in total. The number of halogens is 1. The minimum absolute atomic E-state index is 0.0917. The van der Waals surface area contributed by atoms with Crippen molar-refractivity contribution in [2.45, 2.75) is 50.2 Å². The summed E-state index contributed by atoms with van der Waals surface area (Å²) in [6.07, 6.45) is 8.68. The lowest BCUT2D eigenvalue weighted by molar-refractivity contribution is 0.219. The summed E-state index contributed by atoms with van der Waals surface area (Å²) in [5.74, 6) is 0.176. The zero-order valence-corrected chi connectivity index (χ0v) is 17.6. The van der Waals surface area contributed by atoms with E-state index in [2.05, 4.69) is 30.5 Å². The van der Waals surface area contributed by atoms with Crippen LogP contribution in [0.1, 0.15) is 37.8 Å². The Morgan fingerprint density at radius 3 is 2.66 bits per heavy atom. The number of benzene rings is 1. The number of fused-ring (bicyclic) bond motifs is 2. The number of phenolic OH excluding ortho intramolecular Hbond substituents is 1. The normalized spacial score (nSPS) is 22.3. The second-order valence-electron chi connectivity index (χ2n) is 8.45. The maximum Gasteiger partial charge on any atom is 0.198 e. The highest BCUT2D eigenvalue weighted by Crippen LogP contribution is 2.31. The van der Waals surface area contributed by atoms with Crippen LogP contribution < -0.4 is 10.2 Å². The Kier molecular flexibility index (Phi) is 5.19. The van der Waals surface area contributed by atoms with E-state index in [0.29, 0.717) is 35.2 Å². The fraction of sp³-hybridized carbons (Fsp3) is 0.409. The van der Waals surface area contributed by atoms with E-state index >= 15 is 0 Å². The molecule has 3 aromatic rings. The van der Waals surface area contributed by atoms with Gasteiger partial charge in [0.15, 0.2) is 23.2 Å². The van der Waals surface area contributed by atoms with Gasteiger partial charge in [-0.3, -0.25) is 0 Å². The molecule has 164 valence electrons. The summed E-state index contributed by atoms with van der Waals surface area (Å²) >= 11 is 0. The molecule has 2 bridgehead atoms. The second kappa shape index (κ2) is 8.16. The van der Waals surface area contributed by atoms with Gasteiger partial charge in [0, 0.05) is 31.2 Å². The Morgan fingerprint density at radius 1 is 1.25 bits per heavy atom. The van der Waals surface area contributed by atoms with Crippen LogP contribution in [0.25, 0.3) is 17.1 Å². The highest BCUT2D eigenvalue weighted by atomic mass is 19.1. The molecule has 2 saturated heterocycles. The Balaban J connectivity index is 1.34. The van der Waals surface area contributed by atoms with E-state index < -0.39 is 5.82 Å². The van der Waals surface area contributed by atoms with Gasteiger partial charge in [0.05, 0.1) is 23.6 Å². The molecule has 32 heavy (non-hydrogen) atoms. The van der Waals surface area contributed by atoms with Gasteiger partial charge in [-0.15, -0.1) is 10.2 Å². The second-order valence-corrected chi connectivity index (χ2v) is 8.45. The highest BCUT2D eigenvalue weighted by molar-refractivity contribution is 5.66. The first-order valence-electron chi connectivity index (χ1n) is 10.7. The average Bonchev–Trinajstić information content (AvgIpc) is 3.19. The summed E-state index contributed by atoms with van der Waals surface area (Å²) in [6.45, 7) is 0. The van der Waals surface area contributed by atoms with Crippen molar-refractivity contribution in [3.8, 4) is 28.9 Å². The van der Waals surface area contributed by atoms with Crippen molar-refractivity contribution in [3.05, 3.63) is 42.1 Å². The molecular weight excluding hydrogens is 411 g/mol. The first-order chi connectivity index (χ1) is 15.5. The molecule has 0 aliphatic carbocycles. The predicted octanol–water partition coefficient (Wildman–Crippen LogP) is 2.55. The van der Waals surface area contributed by atoms with Gasteiger partial charge in [-0.1, -0.05) is 6.42 Å². The molecule has 0 radical (unpaired) electrons. The van der Waals surface area contributed by atoms with Crippen LogP contribution in [-0.4, -0.2) is 55.2 Å². The standard InChI is InChI=1S/C22H23FN8O/c1-30(16-7-13-3-2-4-14(8-16)26-13)21-11-25-22(28-27-21)17-6-5-15(9-20(17)32)31-12-18(23)19(10-24)29-31/h5-6,9,11-14,16,26,32H,2-4,7-8H2,1H3/t13-,14+,16?. The monoisotopic (exact) mass is 434 g/mol. The van der Waals surface area contributed by atoms with E-state index in [1.165, 1.54) is 30.0 Å². The number of piperidine rings is 2. The number of hydrogen-bond donors (Lipinski definition) is 2. The summed E-state index contributed by atoms with van der Waals surface area (Å²) in [6, 6.07) is 7.89. The van der Waals surface area contributed by atoms with E-state index in [4.69, 9.17) is 5.26 Å². The molecule has 1 unspecified atom stereocenters. The van der Waals surface area contributed by atoms with Crippen LogP contribution in [0, 0.1) is 17.1 Å². The first kappa shape index (κ1) is 20.3. The molecule has 9 nitrogen and oxygen atoms in total. The molecule has 2 aliphatic rings. The van der Waals surface area contributed by atoms with Crippen LogP contribution in [0.15, 0.2) is 30.6 Å². The number of nitrogens with zero attached hydrogens (tertiary/aromatic N) is 7. The number of nitrogens with one attached hydrogen (secondary N) is 1. The number of phenols is 1. The topological polar surface area (TPSA) is 116 Å². The summed E-state index contributed by atoms with van der Waals surface area (Å²) < 4.78 is 14.8. The SMILES string of the molecule is CN(c1cnc(-c2ccc(-n3cc(F)c(C#N)n3)cc2O)nn1)C1C[C@H]2CCC[C@@H](C1)N2. The maximum absolute atomic E-state index is 13.6. The number of hydrogen-bond acceptors (Lipinski definition) is 8. The molecule has 4 heterocycles. The quantitative estimate of drug-likeness (QED) is 0.644. The molecule has 0 saturated carbocycles. The Labute approximate surface area is 184 Å². The smallest absolute Gasteiger partial charge is 0.198 e. The lowest BCUT2D eigenvalue weighted by Crippen LogP contribution is -2.54. The molecule has 2 fully saturated rings. The van der Waals surface area contributed by atoms with Gasteiger partial charge in [0.2, 0.25) is 0 Å². The van der Waals surface area contributed by atoms with E-state index in [9.17, 15) is 9.50 Å². The van der Waals surface area contributed by atoms with Crippen molar-refractivity contribution in [2.75, 3.05) is 11.9 Å². The summed E-state index contributed by atoms with van der Waals surface area (Å²) in [5, 5.41) is 35.5. The summed E-state index contributed by atoms with van der Waals surface area (Å²) in [4.78, 5) is 6.57. The van der Waals surface area contributed by atoms with Gasteiger partial charge in [0.1, 0.15) is 11.8 Å². The van der Waals surface area contributed by atoms with Crippen LogP contribution in [0.2, 0.25) is 0 Å². The minimum Gasteiger partial charge on any atom is -0.507 e. The summed E-state index contributed by atoms with van der Waals surface area (Å²) in [5.41, 5.74) is 0.505. The number of anilines is 1. The van der Waals surface area contributed by atoms with Gasteiger partial charge < -0.3 is 15.3 Å². The number of rotatable bonds is 4. The fourth-order valence-electron chi connectivity index (χ4n) is 4.71. The van der Waals surface area contributed by atoms with Gasteiger partial charge in [-0.25, -0.2) is 14.1 Å². The van der Waals surface area contributed by atoms with Crippen molar-refractivity contribution >= 4 is 5.82 Å². The first-order valence-corrected chi connectivity index (χ1v) is 10.7. The third kappa shape index (κ3) is 3.76. The molecule has 1 aromatic carbocycles. The van der Waals surface area contributed by atoms with Crippen LogP contribution in [0.5, 0.6) is 5.75 Å². The van der Waals surface area contributed by atoms with Crippen molar-refractivity contribution in [2.24, 2.45) is 0 Å². The van der Waals surface area contributed by atoms with Gasteiger partial charge in [-0.05, 0) is 37.8 Å².